The zero-order valence-corrected chi connectivity index (χ0v) is 13.4. The molecule has 122 valence electrons. The number of nitrogens with zero attached hydrogens (tertiary/aromatic N) is 1. The second kappa shape index (κ2) is 5.53. The van der Waals surface area contributed by atoms with Gasteiger partial charge in [-0.2, -0.15) is 5.26 Å². The van der Waals surface area contributed by atoms with Gasteiger partial charge in [0.2, 0.25) is 5.88 Å². The molecule has 0 amide bonds. The molecule has 1 atom stereocenters. The number of benzene rings is 2. The molecule has 0 saturated heterocycles. The van der Waals surface area contributed by atoms with Gasteiger partial charge in [0.1, 0.15) is 17.2 Å². The van der Waals surface area contributed by atoms with Gasteiger partial charge in [0.15, 0.2) is 5.75 Å². The van der Waals surface area contributed by atoms with Crippen LogP contribution in [0.2, 0.25) is 0 Å². The largest absolute Gasteiger partial charge is 0.439 e. The number of rotatable bonds is 1. The second-order valence-electron chi connectivity index (χ2n) is 5.96. The third-order valence-corrected chi connectivity index (χ3v) is 4.38. The molecule has 2 aromatic carbocycles. The van der Waals surface area contributed by atoms with Crippen LogP contribution in [0.4, 0.5) is 0 Å². The molecule has 3 aromatic rings. The van der Waals surface area contributed by atoms with Crippen LogP contribution in [-0.4, -0.2) is 0 Å². The molecule has 2 heterocycles. The number of nitriles is 1. The number of allylic oxidation sites excluding steroid dienone is 1. The second-order valence-corrected chi connectivity index (χ2v) is 5.96. The molecule has 1 aromatic heterocycles. The molecule has 0 radical (unpaired) electrons. The first-order valence-electron chi connectivity index (χ1n) is 7.80. The minimum absolute atomic E-state index is 0.0105. The first-order chi connectivity index (χ1) is 12.1. The predicted molar refractivity (Wildman–Crippen MR) is 93.0 cm³/mol. The number of aryl methyl sites for hydroxylation is 1. The van der Waals surface area contributed by atoms with Gasteiger partial charge in [0.25, 0.3) is 0 Å². The lowest BCUT2D eigenvalue weighted by atomic mass is 9.83. The summed E-state index contributed by atoms with van der Waals surface area (Å²) in [5.41, 5.74) is 8.27. The normalized spacial score (nSPS) is 16.2. The van der Waals surface area contributed by atoms with E-state index in [1.807, 2.05) is 37.3 Å². The summed E-state index contributed by atoms with van der Waals surface area (Å²) in [5.74, 6) is -0.250. The molecule has 0 spiro atoms. The van der Waals surface area contributed by atoms with Crippen LogP contribution in [0, 0.1) is 18.3 Å². The van der Waals surface area contributed by atoms with E-state index in [9.17, 15) is 10.1 Å². The van der Waals surface area contributed by atoms with Gasteiger partial charge in [-0.1, -0.05) is 42.0 Å². The fourth-order valence-corrected chi connectivity index (χ4v) is 3.16. The van der Waals surface area contributed by atoms with Crippen molar-refractivity contribution < 1.29 is 9.15 Å². The Bertz CT molecular complexity index is 1120. The van der Waals surface area contributed by atoms with Crippen molar-refractivity contribution in [3.8, 4) is 11.8 Å². The van der Waals surface area contributed by atoms with Gasteiger partial charge in [0, 0.05) is 0 Å². The van der Waals surface area contributed by atoms with Crippen molar-refractivity contribution in [3.05, 3.63) is 87.1 Å². The summed E-state index contributed by atoms with van der Waals surface area (Å²) in [6.45, 7) is 1.97. The summed E-state index contributed by atoms with van der Waals surface area (Å²) in [4.78, 5) is 12.7. The maximum Gasteiger partial charge on any atom is 0.344 e. The third kappa shape index (κ3) is 2.27. The molecule has 0 saturated carbocycles. The lowest BCUT2D eigenvalue weighted by Gasteiger charge is -2.26. The number of nitrogens with two attached hydrogens (primary N) is 1. The molecular weight excluding hydrogens is 316 g/mol. The Morgan fingerprint density at radius 1 is 1.12 bits per heavy atom. The fraction of sp³-hybridized carbons (Fsp3) is 0.100. The van der Waals surface area contributed by atoms with E-state index >= 15 is 0 Å². The number of fused-ring (bicyclic) bond motifs is 3. The molecule has 25 heavy (non-hydrogen) atoms. The standard InChI is InChI=1S/C20H14N2O3/c1-11-6-8-12(9-7-11)16-14(10-21)19(22)25-18-13-4-2-3-5-15(13)24-20(23)17(16)18/h2-9,16H,22H2,1H3/t16-/m1/s1. The minimum atomic E-state index is -0.616. The Kier molecular flexibility index (Phi) is 3.33. The van der Waals surface area contributed by atoms with Crippen molar-refractivity contribution in [2.24, 2.45) is 5.73 Å². The van der Waals surface area contributed by atoms with Gasteiger partial charge >= 0.3 is 5.63 Å². The van der Waals surface area contributed by atoms with E-state index in [2.05, 4.69) is 6.07 Å². The van der Waals surface area contributed by atoms with E-state index in [4.69, 9.17) is 14.9 Å². The Hall–Kier alpha value is -3.52. The molecule has 0 unspecified atom stereocenters. The van der Waals surface area contributed by atoms with E-state index in [0.29, 0.717) is 22.3 Å². The highest BCUT2D eigenvalue weighted by Crippen LogP contribution is 2.43. The van der Waals surface area contributed by atoms with Crippen molar-refractivity contribution in [1.82, 2.24) is 0 Å². The number of para-hydroxylation sites is 1. The van der Waals surface area contributed by atoms with E-state index in [1.165, 1.54) is 0 Å². The topological polar surface area (TPSA) is 89.3 Å². The van der Waals surface area contributed by atoms with Crippen LogP contribution >= 0.6 is 0 Å². The predicted octanol–water partition coefficient (Wildman–Crippen LogP) is 3.32. The third-order valence-electron chi connectivity index (χ3n) is 4.38. The SMILES string of the molecule is Cc1ccc([C@@H]2C(C#N)=C(N)Oc3c2c(=O)oc2ccccc32)cc1. The molecular formula is C20H14N2O3. The average Bonchev–Trinajstić information content (AvgIpc) is 2.61. The monoisotopic (exact) mass is 330 g/mol. The van der Waals surface area contributed by atoms with Crippen molar-refractivity contribution in [1.29, 1.82) is 5.26 Å². The van der Waals surface area contributed by atoms with Gasteiger partial charge in [-0.3, -0.25) is 0 Å². The smallest absolute Gasteiger partial charge is 0.344 e. The first-order valence-corrected chi connectivity index (χ1v) is 7.80. The number of ether oxygens (including phenoxy) is 1. The Morgan fingerprint density at radius 3 is 2.56 bits per heavy atom. The maximum absolute atomic E-state index is 12.7. The molecule has 1 aliphatic rings. The van der Waals surface area contributed by atoms with Crippen LogP contribution in [0.15, 0.2) is 69.2 Å². The summed E-state index contributed by atoms with van der Waals surface area (Å²) < 4.78 is 11.1. The van der Waals surface area contributed by atoms with Crippen LogP contribution in [0.25, 0.3) is 11.0 Å². The molecule has 5 nitrogen and oxygen atoms in total. The van der Waals surface area contributed by atoms with Crippen molar-refractivity contribution >= 4 is 11.0 Å². The molecule has 0 aliphatic carbocycles. The first kappa shape index (κ1) is 15.0. The fourth-order valence-electron chi connectivity index (χ4n) is 3.16. The van der Waals surface area contributed by atoms with Crippen molar-refractivity contribution in [2.75, 3.05) is 0 Å². The summed E-state index contributed by atoms with van der Waals surface area (Å²) in [6.07, 6.45) is 0. The molecule has 1 aliphatic heterocycles. The van der Waals surface area contributed by atoms with E-state index in [0.717, 1.165) is 11.1 Å². The lowest BCUT2D eigenvalue weighted by Crippen LogP contribution is -2.26. The zero-order chi connectivity index (χ0) is 17.6. The van der Waals surface area contributed by atoms with Gasteiger partial charge in [-0.15, -0.1) is 0 Å². The van der Waals surface area contributed by atoms with E-state index in [1.54, 1.807) is 18.2 Å². The molecule has 4 rings (SSSR count). The highest BCUT2D eigenvalue weighted by molar-refractivity contribution is 5.86. The van der Waals surface area contributed by atoms with Crippen LogP contribution < -0.4 is 16.1 Å². The Morgan fingerprint density at radius 2 is 1.84 bits per heavy atom. The Labute approximate surface area is 143 Å². The van der Waals surface area contributed by atoms with E-state index < -0.39 is 11.5 Å². The highest BCUT2D eigenvalue weighted by Gasteiger charge is 2.35. The average molecular weight is 330 g/mol. The van der Waals surface area contributed by atoms with Gasteiger partial charge in [-0.05, 0) is 24.6 Å². The molecule has 2 N–H and O–H groups in total. The number of hydrogen-bond donors (Lipinski definition) is 1. The minimum Gasteiger partial charge on any atom is -0.439 e. The van der Waals surface area contributed by atoms with Crippen LogP contribution in [-0.2, 0) is 0 Å². The lowest BCUT2D eigenvalue weighted by molar-refractivity contribution is 0.388. The molecule has 5 heteroatoms. The maximum atomic E-state index is 12.7. The summed E-state index contributed by atoms with van der Waals surface area (Å²) in [7, 11) is 0. The van der Waals surface area contributed by atoms with Crippen molar-refractivity contribution in [2.45, 2.75) is 12.8 Å². The quantitative estimate of drug-likeness (QED) is 0.691. The molecule has 0 bridgehead atoms. The summed E-state index contributed by atoms with van der Waals surface area (Å²) in [5, 5.41) is 10.2. The van der Waals surface area contributed by atoms with E-state index in [-0.39, 0.29) is 11.5 Å². The summed E-state index contributed by atoms with van der Waals surface area (Å²) >= 11 is 0. The zero-order valence-electron chi connectivity index (χ0n) is 13.4. The van der Waals surface area contributed by atoms with Crippen LogP contribution in [0.3, 0.4) is 0 Å². The van der Waals surface area contributed by atoms with Gasteiger partial charge < -0.3 is 14.9 Å². The number of hydrogen-bond acceptors (Lipinski definition) is 5. The summed E-state index contributed by atoms with van der Waals surface area (Å²) in [6, 6.07) is 16.8. The van der Waals surface area contributed by atoms with Gasteiger partial charge in [-0.25, -0.2) is 4.79 Å². The van der Waals surface area contributed by atoms with Crippen LogP contribution in [0.1, 0.15) is 22.6 Å². The van der Waals surface area contributed by atoms with Crippen molar-refractivity contribution in [3.63, 3.8) is 0 Å². The van der Waals surface area contributed by atoms with Gasteiger partial charge in [0.05, 0.1) is 16.9 Å². The Balaban J connectivity index is 2.08. The van der Waals surface area contributed by atoms with Crippen LogP contribution in [0.5, 0.6) is 5.75 Å². The molecule has 0 fully saturated rings. The highest BCUT2D eigenvalue weighted by atomic mass is 16.5.